The van der Waals surface area contributed by atoms with Gasteiger partial charge in [-0.2, -0.15) is 4.98 Å². The van der Waals surface area contributed by atoms with E-state index >= 15 is 0 Å². The summed E-state index contributed by atoms with van der Waals surface area (Å²) in [5, 5.41) is 0. The van der Waals surface area contributed by atoms with Gasteiger partial charge in [0.1, 0.15) is 12.1 Å². The highest BCUT2D eigenvalue weighted by Gasteiger charge is 2.24. The van der Waals surface area contributed by atoms with Gasteiger partial charge in [-0.25, -0.2) is 4.39 Å². The second-order valence-electron chi connectivity index (χ2n) is 4.00. The lowest BCUT2D eigenvalue weighted by molar-refractivity contribution is 0.554. The molecule has 17 heavy (non-hydrogen) atoms. The van der Waals surface area contributed by atoms with Crippen LogP contribution in [0, 0.1) is 5.82 Å². The van der Waals surface area contributed by atoms with Crippen molar-refractivity contribution in [1.82, 2.24) is 4.98 Å². The normalized spacial score (nSPS) is 14.1. The molecule has 0 atom stereocenters. The minimum absolute atomic E-state index is 0.249. The molecule has 2 N–H and O–H groups in total. The Kier molecular flexibility index (Phi) is 2.33. The number of hydrogen-bond acceptors (Lipinski definition) is 4. The van der Waals surface area contributed by atoms with Crippen molar-refractivity contribution in [3.05, 3.63) is 41.5 Å². The van der Waals surface area contributed by atoms with Crippen LogP contribution in [-0.4, -0.2) is 11.5 Å². The molecule has 0 saturated carbocycles. The summed E-state index contributed by atoms with van der Waals surface area (Å²) in [5.74, 6) is -0.249. The van der Waals surface area contributed by atoms with E-state index in [4.69, 9.17) is 10.2 Å². The fourth-order valence-corrected chi connectivity index (χ4v) is 2.07. The van der Waals surface area contributed by atoms with Crippen LogP contribution < -0.4 is 10.6 Å². The van der Waals surface area contributed by atoms with E-state index < -0.39 is 0 Å². The molecule has 2 heterocycles. The molecule has 1 aliphatic heterocycles. The van der Waals surface area contributed by atoms with Gasteiger partial charge in [-0.05, 0) is 24.1 Å². The lowest BCUT2D eigenvalue weighted by Gasteiger charge is -2.13. The Morgan fingerprint density at radius 3 is 3.12 bits per heavy atom. The maximum atomic E-state index is 13.2. The van der Waals surface area contributed by atoms with Crippen LogP contribution in [-0.2, 0) is 13.0 Å². The molecule has 0 saturated heterocycles. The van der Waals surface area contributed by atoms with E-state index in [1.165, 1.54) is 18.4 Å². The third kappa shape index (κ3) is 1.68. The molecule has 0 amide bonds. The zero-order valence-electron chi connectivity index (χ0n) is 9.19. The van der Waals surface area contributed by atoms with Crippen molar-refractivity contribution in [2.75, 3.05) is 11.4 Å². The van der Waals surface area contributed by atoms with Crippen LogP contribution >= 0.6 is 0 Å². The quantitative estimate of drug-likeness (QED) is 0.861. The second kappa shape index (κ2) is 3.85. The molecule has 0 spiro atoms. The fraction of sp³-hybridized carbons (Fsp3) is 0.250. The van der Waals surface area contributed by atoms with Crippen molar-refractivity contribution in [3.63, 3.8) is 0 Å². The molecular formula is C12H12FN3O. The van der Waals surface area contributed by atoms with Gasteiger partial charge in [0.2, 0.25) is 0 Å². The molecule has 0 fully saturated rings. The van der Waals surface area contributed by atoms with Crippen molar-refractivity contribution in [3.8, 4) is 0 Å². The summed E-state index contributed by atoms with van der Waals surface area (Å²) in [6.07, 6.45) is 2.41. The van der Waals surface area contributed by atoms with Crippen LogP contribution in [0.25, 0.3) is 0 Å². The minimum atomic E-state index is -0.249. The molecule has 1 aromatic carbocycles. The number of nitrogens with zero attached hydrogens (tertiary/aromatic N) is 2. The van der Waals surface area contributed by atoms with Gasteiger partial charge >= 0.3 is 6.01 Å². The summed E-state index contributed by atoms with van der Waals surface area (Å²) < 4.78 is 18.6. The minimum Gasteiger partial charge on any atom is -0.431 e. The van der Waals surface area contributed by atoms with E-state index in [9.17, 15) is 4.39 Å². The van der Waals surface area contributed by atoms with Crippen molar-refractivity contribution in [2.45, 2.75) is 13.0 Å². The van der Waals surface area contributed by atoms with Crippen molar-refractivity contribution in [1.29, 1.82) is 0 Å². The topological polar surface area (TPSA) is 55.3 Å². The number of anilines is 2. The summed E-state index contributed by atoms with van der Waals surface area (Å²) >= 11 is 0. The number of aromatic nitrogens is 1. The Morgan fingerprint density at radius 1 is 1.47 bits per heavy atom. The van der Waals surface area contributed by atoms with Crippen LogP contribution in [0.2, 0.25) is 0 Å². The van der Waals surface area contributed by atoms with E-state index in [0.29, 0.717) is 18.3 Å². The van der Waals surface area contributed by atoms with Crippen LogP contribution in [0.3, 0.4) is 0 Å². The smallest absolute Gasteiger partial charge is 0.302 e. The standard InChI is InChI=1S/C12H12FN3O/c13-9-2-1-8-3-4-16(11(8)5-9)12-15-10(6-14)7-17-12/h1-2,5,7H,3-4,6,14H2. The number of benzene rings is 1. The molecule has 2 aromatic rings. The predicted molar refractivity (Wildman–Crippen MR) is 61.5 cm³/mol. The number of rotatable bonds is 2. The third-order valence-electron chi connectivity index (χ3n) is 2.92. The zero-order chi connectivity index (χ0) is 11.8. The van der Waals surface area contributed by atoms with E-state index in [0.717, 1.165) is 24.2 Å². The maximum absolute atomic E-state index is 13.2. The molecule has 0 unspecified atom stereocenters. The molecule has 0 aliphatic carbocycles. The molecule has 0 bridgehead atoms. The van der Waals surface area contributed by atoms with Gasteiger partial charge in [0.15, 0.2) is 0 Å². The predicted octanol–water partition coefficient (Wildman–Crippen LogP) is 1.97. The number of nitrogens with two attached hydrogens (primary N) is 1. The van der Waals surface area contributed by atoms with Crippen LogP contribution in [0.1, 0.15) is 11.3 Å². The van der Waals surface area contributed by atoms with Gasteiger partial charge in [-0.3, -0.25) is 4.90 Å². The molecule has 4 nitrogen and oxygen atoms in total. The SMILES string of the molecule is NCc1coc(N2CCc3ccc(F)cc32)n1. The van der Waals surface area contributed by atoms with Gasteiger partial charge in [-0.15, -0.1) is 0 Å². The Balaban J connectivity index is 2.00. The summed E-state index contributed by atoms with van der Waals surface area (Å²) in [4.78, 5) is 6.12. The Hall–Kier alpha value is -1.88. The van der Waals surface area contributed by atoms with Crippen molar-refractivity contribution < 1.29 is 8.81 Å². The molecule has 5 heteroatoms. The van der Waals surface area contributed by atoms with E-state index in [1.54, 1.807) is 6.07 Å². The summed E-state index contributed by atoms with van der Waals surface area (Å²) in [7, 11) is 0. The highest BCUT2D eigenvalue weighted by molar-refractivity contribution is 5.65. The highest BCUT2D eigenvalue weighted by Crippen LogP contribution is 2.34. The first-order valence-corrected chi connectivity index (χ1v) is 5.48. The van der Waals surface area contributed by atoms with Gasteiger partial charge in [0.25, 0.3) is 0 Å². The second-order valence-corrected chi connectivity index (χ2v) is 4.00. The van der Waals surface area contributed by atoms with Crippen LogP contribution in [0.4, 0.5) is 16.1 Å². The third-order valence-corrected chi connectivity index (χ3v) is 2.92. The van der Waals surface area contributed by atoms with E-state index in [-0.39, 0.29) is 5.82 Å². The maximum Gasteiger partial charge on any atom is 0.302 e. The molecule has 1 aromatic heterocycles. The lowest BCUT2D eigenvalue weighted by Crippen LogP contribution is -2.14. The van der Waals surface area contributed by atoms with Crippen LogP contribution in [0.5, 0.6) is 0 Å². The number of hydrogen-bond donors (Lipinski definition) is 1. The molecule has 3 rings (SSSR count). The Morgan fingerprint density at radius 2 is 2.35 bits per heavy atom. The monoisotopic (exact) mass is 233 g/mol. The van der Waals surface area contributed by atoms with Crippen molar-refractivity contribution >= 4 is 11.7 Å². The molecule has 88 valence electrons. The van der Waals surface area contributed by atoms with Crippen molar-refractivity contribution in [2.24, 2.45) is 5.73 Å². The Bertz CT molecular complexity index is 552. The lowest BCUT2D eigenvalue weighted by atomic mass is 10.2. The highest BCUT2D eigenvalue weighted by atomic mass is 19.1. The van der Waals surface area contributed by atoms with E-state index in [2.05, 4.69) is 4.98 Å². The molecule has 1 aliphatic rings. The first-order chi connectivity index (χ1) is 8.28. The first-order valence-electron chi connectivity index (χ1n) is 5.48. The first kappa shape index (κ1) is 10.3. The number of fused-ring (bicyclic) bond motifs is 1. The summed E-state index contributed by atoms with van der Waals surface area (Å²) in [6, 6.07) is 5.27. The Labute approximate surface area is 97.9 Å². The number of oxazole rings is 1. The zero-order valence-corrected chi connectivity index (χ0v) is 9.19. The van der Waals surface area contributed by atoms with Gasteiger partial charge in [0.05, 0.1) is 11.4 Å². The van der Waals surface area contributed by atoms with Gasteiger partial charge < -0.3 is 10.2 Å². The summed E-state index contributed by atoms with van der Waals surface area (Å²) in [5.41, 5.74) is 8.12. The van der Waals surface area contributed by atoms with Gasteiger partial charge in [-0.1, -0.05) is 6.07 Å². The number of halogens is 1. The largest absolute Gasteiger partial charge is 0.431 e. The van der Waals surface area contributed by atoms with Crippen LogP contribution in [0.15, 0.2) is 28.9 Å². The average Bonchev–Trinajstić information content (AvgIpc) is 2.93. The fourth-order valence-electron chi connectivity index (χ4n) is 2.07. The average molecular weight is 233 g/mol. The molecular weight excluding hydrogens is 221 g/mol. The molecule has 0 radical (unpaired) electrons. The van der Waals surface area contributed by atoms with Gasteiger partial charge in [0, 0.05) is 13.1 Å². The summed E-state index contributed by atoms with van der Waals surface area (Å²) in [6.45, 7) is 1.09. The van der Waals surface area contributed by atoms with E-state index in [1.807, 2.05) is 4.90 Å².